The highest BCUT2D eigenvalue weighted by Gasteiger charge is 2.08. The Labute approximate surface area is 113 Å². The van der Waals surface area contributed by atoms with E-state index in [9.17, 15) is 0 Å². The van der Waals surface area contributed by atoms with Gasteiger partial charge in [-0.25, -0.2) is 9.97 Å². The molecule has 19 heavy (non-hydrogen) atoms. The van der Waals surface area contributed by atoms with Gasteiger partial charge in [-0.1, -0.05) is 6.92 Å². The Hall–Kier alpha value is -2.11. The molecule has 0 saturated carbocycles. The van der Waals surface area contributed by atoms with Crippen LogP contribution in [0.4, 0.5) is 11.6 Å². The van der Waals surface area contributed by atoms with Gasteiger partial charge in [0.25, 0.3) is 0 Å². The second-order valence-electron chi connectivity index (χ2n) is 4.31. The number of rotatable bonds is 6. The molecule has 2 heterocycles. The van der Waals surface area contributed by atoms with Crippen molar-refractivity contribution >= 4 is 11.6 Å². The Bertz CT molecular complexity index is 534. The molecule has 0 fully saturated rings. The molecule has 2 aromatic heterocycles. The summed E-state index contributed by atoms with van der Waals surface area (Å²) in [4.78, 5) is 8.53. The molecule has 6 heteroatoms. The number of nitrogens with zero attached hydrogens (tertiary/aromatic N) is 4. The minimum Gasteiger partial charge on any atom is -0.373 e. The molecule has 0 unspecified atom stereocenters. The summed E-state index contributed by atoms with van der Waals surface area (Å²) < 4.78 is 1.82. The van der Waals surface area contributed by atoms with Gasteiger partial charge in [0, 0.05) is 38.8 Å². The zero-order valence-electron chi connectivity index (χ0n) is 11.6. The van der Waals surface area contributed by atoms with E-state index < -0.39 is 0 Å². The highest BCUT2D eigenvalue weighted by Crippen LogP contribution is 2.19. The van der Waals surface area contributed by atoms with Crippen LogP contribution < -0.4 is 10.6 Å². The van der Waals surface area contributed by atoms with Gasteiger partial charge >= 0.3 is 0 Å². The topological polar surface area (TPSA) is 67.7 Å². The van der Waals surface area contributed by atoms with Crippen LogP contribution in [0.1, 0.15) is 18.2 Å². The number of hydrogen-bond acceptors (Lipinski definition) is 5. The summed E-state index contributed by atoms with van der Waals surface area (Å²) in [6.07, 6.45) is 5.30. The molecule has 0 aromatic carbocycles. The van der Waals surface area contributed by atoms with E-state index in [1.807, 2.05) is 31.0 Å². The number of aromatic nitrogens is 4. The van der Waals surface area contributed by atoms with E-state index in [1.165, 1.54) is 0 Å². The van der Waals surface area contributed by atoms with E-state index in [0.29, 0.717) is 0 Å². The standard InChI is InChI=1S/C13H20N6/c1-4-11-12(14-2)16-9-17-13(11)15-7-5-10-6-8-19(3)18-10/h6,8-9H,4-5,7H2,1-3H3,(H2,14,15,16,17). The van der Waals surface area contributed by atoms with Crippen LogP contribution in [-0.4, -0.2) is 33.3 Å². The Kier molecular flexibility index (Phi) is 4.33. The van der Waals surface area contributed by atoms with Gasteiger partial charge in [-0.05, 0) is 12.5 Å². The molecular formula is C13H20N6. The average Bonchev–Trinajstić information content (AvgIpc) is 2.84. The molecule has 0 radical (unpaired) electrons. The fourth-order valence-electron chi connectivity index (χ4n) is 2.02. The highest BCUT2D eigenvalue weighted by molar-refractivity contribution is 5.57. The highest BCUT2D eigenvalue weighted by atomic mass is 15.2. The molecule has 0 spiro atoms. The molecule has 102 valence electrons. The quantitative estimate of drug-likeness (QED) is 0.823. The van der Waals surface area contributed by atoms with Gasteiger partial charge in [-0.15, -0.1) is 0 Å². The zero-order chi connectivity index (χ0) is 13.7. The summed E-state index contributed by atoms with van der Waals surface area (Å²) in [5.74, 6) is 1.79. The van der Waals surface area contributed by atoms with E-state index in [0.717, 1.165) is 42.3 Å². The SMILES string of the molecule is CCc1c(NC)ncnc1NCCc1ccn(C)n1. The lowest BCUT2D eigenvalue weighted by atomic mass is 10.2. The molecule has 2 aromatic rings. The van der Waals surface area contributed by atoms with E-state index in [-0.39, 0.29) is 0 Å². The van der Waals surface area contributed by atoms with E-state index >= 15 is 0 Å². The molecule has 0 atom stereocenters. The number of aryl methyl sites for hydroxylation is 1. The van der Waals surface area contributed by atoms with E-state index in [2.05, 4.69) is 32.6 Å². The Morgan fingerprint density at radius 3 is 2.68 bits per heavy atom. The summed E-state index contributed by atoms with van der Waals surface area (Å²) in [7, 11) is 3.80. The van der Waals surface area contributed by atoms with Crippen molar-refractivity contribution in [1.82, 2.24) is 19.7 Å². The third-order valence-corrected chi connectivity index (χ3v) is 2.98. The maximum atomic E-state index is 4.35. The van der Waals surface area contributed by atoms with Gasteiger partial charge in [0.1, 0.15) is 18.0 Å². The van der Waals surface area contributed by atoms with Gasteiger partial charge in [0.2, 0.25) is 0 Å². The van der Waals surface area contributed by atoms with Crippen molar-refractivity contribution in [3.05, 3.63) is 29.8 Å². The number of nitrogens with one attached hydrogen (secondary N) is 2. The first-order chi connectivity index (χ1) is 9.24. The summed E-state index contributed by atoms with van der Waals surface area (Å²) in [5, 5.41) is 10.8. The first kappa shape index (κ1) is 13.3. The van der Waals surface area contributed by atoms with Crippen molar-refractivity contribution in [1.29, 1.82) is 0 Å². The smallest absolute Gasteiger partial charge is 0.134 e. The van der Waals surface area contributed by atoms with Crippen molar-refractivity contribution in [3.8, 4) is 0 Å². The monoisotopic (exact) mass is 260 g/mol. The lowest BCUT2D eigenvalue weighted by Gasteiger charge is -2.12. The summed E-state index contributed by atoms with van der Waals surface area (Å²) >= 11 is 0. The summed E-state index contributed by atoms with van der Waals surface area (Å²) in [5.41, 5.74) is 2.20. The van der Waals surface area contributed by atoms with Gasteiger partial charge in [-0.2, -0.15) is 5.10 Å². The predicted octanol–water partition coefficient (Wildman–Crippen LogP) is 1.47. The van der Waals surface area contributed by atoms with Crippen LogP contribution in [0.5, 0.6) is 0 Å². The molecule has 0 bridgehead atoms. The lowest BCUT2D eigenvalue weighted by Crippen LogP contribution is -2.11. The molecule has 0 aliphatic heterocycles. The first-order valence-corrected chi connectivity index (χ1v) is 6.48. The van der Waals surface area contributed by atoms with Crippen LogP contribution in [0.15, 0.2) is 18.6 Å². The first-order valence-electron chi connectivity index (χ1n) is 6.48. The van der Waals surface area contributed by atoms with E-state index in [1.54, 1.807) is 6.33 Å². The van der Waals surface area contributed by atoms with Gasteiger partial charge in [0.15, 0.2) is 0 Å². The third kappa shape index (κ3) is 3.21. The van der Waals surface area contributed by atoms with Crippen LogP contribution >= 0.6 is 0 Å². The molecule has 2 rings (SSSR count). The Morgan fingerprint density at radius 2 is 2.05 bits per heavy atom. The molecule has 0 aliphatic rings. The van der Waals surface area contributed by atoms with Crippen molar-refractivity contribution in [2.75, 3.05) is 24.2 Å². The van der Waals surface area contributed by atoms with E-state index in [4.69, 9.17) is 0 Å². The summed E-state index contributed by atoms with van der Waals surface area (Å²) in [6, 6.07) is 2.03. The fourth-order valence-corrected chi connectivity index (χ4v) is 2.02. The Balaban J connectivity index is 1.99. The predicted molar refractivity (Wildman–Crippen MR) is 76.4 cm³/mol. The maximum absolute atomic E-state index is 4.35. The van der Waals surface area contributed by atoms with Crippen molar-refractivity contribution < 1.29 is 0 Å². The number of hydrogen-bond donors (Lipinski definition) is 2. The second kappa shape index (κ2) is 6.17. The normalized spacial score (nSPS) is 10.5. The van der Waals surface area contributed by atoms with Crippen LogP contribution in [0.3, 0.4) is 0 Å². The minimum absolute atomic E-state index is 0.810. The average molecular weight is 260 g/mol. The third-order valence-electron chi connectivity index (χ3n) is 2.98. The fraction of sp³-hybridized carbons (Fsp3) is 0.462. The van der Waals surface area contributed by atoms with Crippen molar-refractivity contribution in [2.24, 2.45) is 7.05 Å². The van der Waals surface area contributed by atoms with Gasteiger partial charge in [0.05, 0.1) is 5.69 Å². The molecule has 2 N–H and O–H groups in total. The van der Waals surface area contributed by atoms with Crippen LogP contribution in [0.25, 0.3) is 0 Å². The van der Waals surface area contributed by atoms with Gasteiger partial charge in [-0.3, -0.25) is 4.68 Å². The number of anilines is 2. The molecule has 0 amide bonds. The van der Waals surface area contributed by atoms with Gasteiger partial charge < -0.3 is 10.6 Å². The maximum Gasteiger partial charge on any atom is 0.134 e. The zero-order valence-corrected chi connectivity index (χ0v) is 11.6. The molecule has 0 saturated heterocycles. The minimum atomic E-state index is 0.810. The van der Waals surface area contributed by atoms with Crippen molar-refractivity contribution in [2.45, 2.75) is 19.8 Å². The van der Waals surface area contributed by atoms with Crippen LogP contribution in [0.2, 0.25) is 0 Å². The second-order valence-corrected chi connectivity index (χ2v) is 4.31. The van der Waals surface area contributed by atoms with Crippen LogP contribution in [0, 0.1) is 0 Å². The largest absolute Gasteiger partial charge is 0.373 e. The lowest BCUT2D eigenvalue weighted by molar-refractivity contribution is 0.741. The molecule has 0 aliphatic carbocycles. The van der Waals surface area contributed by atoms with Crippen LogP contribution in [-0.2, 0) is 19.9 Å². The Morgan fingerprint density at radius 1 is 1.26 bits per heavy atom. The molecular weight excluding hydrogens is 240 g/mol. The molecule has 6 nitrogen and oxygen atoms in total. The summed E-state index contributed by atoms with van der Waals surface area (Å²) in [6.45, 7) is 2.91. The van der Waals surface area contributed by atoms with Crippen molar-refractivity contribution in [3.63, 3.8) is 0 Å².